The van der Waals surface area contributed by atoms with Crippen molar-refractivity contribution in [2.45, 2.75) is 13.3 Å². The summed E-state index contributed by atoms with van der Waals surface area (Å²) < 4.78 is 14.4. The maximum atomic E-state index is 14.4. The van der Waals surface area contributed by atoms with Crippen LogP contribution in [-0.2, 0) is 0 Å². The molecule has 0 radical (unpaired) electrons. The Morgan fingerprint density at radius 2 is 1.78 bits per heavy atom. The van der Waals surface area contributed by atoms with Crippen molar-refractivity contribution >= 4 is 18.3 Å². The van der Waals surface area contributed by atoms with Crippen LogP contribution in [0.25, 0.3) is 11.1 Å². The largest absolute Gasteiger partial charge is 0.352 e. The molecular weight excluding hydrogens is 365 g/mol. The van der Waals surface area contributed by atoms with E-state index < -0.39 is 5.82 Å². The molecule has 2 aromatic rings. The number of rotatable bonds is 6. The lowest BCUT2D eigenvalue weighted by atomic mass is 10.0. The van der Waals surface area contributed by atoms with Crippen molar-refractivity contribution in [2.75, 3.05) is 39.3 Å². The number of hydrogen-bond acceptors (Lipinski definition) is 3. The number of aryl methyl sites for hydroxylation is 1. The van der Waals surface area contributed by atoms with Crippen molar-refractivity contribution in [1.82, 2.24) is 15.5 Å². The highest BCUT2D eigenvalue weighted by atomic mass is 35.5. The predicted molar refractivity (Wildman–Crippen MR) is 110 cm³/mol. The molecule has 0 saturated carbocycles. The summed E-state index contributed by atoms with van der Waals surface area (Å²) in [6, 6.07) is 12.7. The highest BCUT2D eigenvalue weighted by Crippen LogP contribution is 2.22. The van der Waals surface area contributed by atoms with E-state index in [1.54, 1.807) is 12.1 Å². The number of piperazine rings is 1. The van der Waals surface area contributed by atoms with E-state index >= 15 is 0 Å². The van der Waals surface area contributed by atoms with Crippen LogP contribution in [0, 0.1) is 12.7 Å². The second kappa shape index (κ2) is 10.4. The first-order chi connectivity index (χ1) is 12.6. The lowest BCUT2D eigenvalue weighted by Crippen LogP contribution is -2.44. The molecule has 0 atom stereocenters. The summed E-state index contributed by atoms with van der Waals surface area (Å²) in [5.41, 5.74) is 2.98. The van der Waals surface area contributed by atoms with Crippen molar-refractivity contribution in [1.29, 1.82) is 0 Å². The maximum absolute atomic E-state index is 14.4. The van der Waals surface area contributed by atoms with E-state index in [0.717, 1.165) is 55.8 Å². The predicted octanol–water partition coefficient (Wildman–Crippen LogP) is 3.25. The highest BCUT2D eigenvalue weighted by molar-refractivity contribution is 5.95. The number of amides is 1. The molecule has 0 aromatic heterocycles. The lowest BCUT2D eigenvalue weighted by Gasteiger charge is -2.27. The van der Waals surface area contributed by atoms with E-state index in [9.17, 15) is 9.18 Å². The molecule has 0 spiro atoms. The second-order valence-electron chi connectivity index (χ2n) is 6.76. The van der Waals surface area contributed by atoms with Gasteiger partial charge in [0, 0.05) is 32.7 Å². The number of nitrogens with one attached hydrogen (secondary N) is 2. The molecule has 3 rings (SSSR count). The van der Waals surface area contributed by atoms with Crippen LogP contribution < -0.4 is 10.6 Å². The number of benzene rings is 2. The zero-order chi connectivity index (χ0) is 18.4. The fourth-order valence-electron chi connectivity index (χ4n) is 3.16. The third-order valence-corrected chi connectivity index (χ3v) is 4.74. The molecule has 1 saturated heterocycles. The minimum Gasteiger partial charge on any atom is -0.352 e. The Morgan fingerprint density at radius 3 is 2.44 bits per heavy atom. The van der Waals surface area contributed by atoms with Crippen molar-refractivity contribution in [3.05, 3.63) is 59.4 Å². The van der Waals surface area contributed by atoms with E-state index in [1.807, 2.05) is 31.2 Å². The first-order valence-corrected chi connectivity index (χ1v) is 9.21. The van der Waals surface area contributed by atoms with Gasteiger partial charge in [0.05, 0.1) is 5.56 Å². The fraction of sp³-hybridized carbons (Fsp3) is 0.381. The monoisotopic (exact) mass is 391 g/mol. The Kier molecular flexibility index (Phi) is 8.23. The molecule has 2 aromatic carbocycles. The number of hydrogen-bond donors (Lipinski definition) is 2. The maximum Gasteiger partial charge on any atom is 0.254 e. The average Bonchev–Trinajstić information content (AvgIpc) is 2.66. The Hall–Kier alpha value is -1.95. The number of carbonyl (C=O) groups is 1. The summed E-state index contributed by atoms with van der Waals surface area (Å²) >= 11 is 0. The number of carbonyl (C=O) groups excluding carboxylic acids is 1. The summed E-state index contributed by atoms with van der Waals surface area (Å²) in [5, 5.41) is 6.14. The van der Waals surface area contributed by atoms with Gasteiger partial charge in [-0.1, -0.05) is 35.9 Å². The highest BCUT2D eigenvalue weighted by Gasteiger charge is 2.13. The zero-order valence-electron chi connectivity index (χ0n) is 15.6. The van der Waals surface area contributed by atoms with Gasteiger partial charge < -0.3 is 15.5 Å². The van der Waals surface area contributed by atoms with Gasteiger partial charge in [-0.3, -0.25) is 4.79 Å². The third kappa shape index (κ3) is 6.03. The minimum absolute atomic E-state index is 0. The average molecular weight is 392 g/mol. The van der Waals surface area contributed by atoms with Crippen LogP contribution in [0.3, 0.4) is 0 Å². The molecule has 1 heterocycles. The Bertz CT molecular complexity index is 746. The molecule has 0 unspecified atom stereocenters. The molecule has 27 heavy (non-hydrogen) atoms. The Balaban J connectivity index is 0.00000261. The molecule has 1 amide bonds. The van der Waals surface area contributed by atoms with Gasteiger partial charge in [-0.05, 0) is 43.1 Å². The molecule has 6 heteroatoms. The standard InChI is InChI=1S/C21H26FN3O.ClH/c1-16-3-5-17(6-4-16)18-7-8-19(20(22)15-18)21(26)24-9-2-12-25-13-10-23-11-14-25;/h3-8,15,23H,2,9-14H2,1H3,(H,24,26);1H. The first-order valence-electron chi connectivity index (χ1n) is 9.21. The smallest absolute Gasteiger partial charge is 0.254 e. The summed E-state index contributed by atoms with van der Waals surface area (Å²) in [7, 11) is 0. The molecular formula is C21H27ClFN3O. The van der Waals surface area contributed by atoms with Crippen LogP contribution in [0.2, 0.25) is 0 Å². The molecule has 1 fully saturated rings. The van der Waals surface area contributed by atoms with Gasteiger partial charge in [-0.2, -0.15) is 0 Å². The topological polar surface area (TPSA) is 44.4 Å². The summed E-state index contributed by atoms with van der Waals surface area (Å²) in [5.74, 6) is -0.832. The second-order valence-corrected chi connectivity index (χ2v) is 6.76. The van der Waals surface area contributed by atoms with E-state index in [0.29, 0.717) is 6.54 Å². The van der Waals surface area contributed by atoms with Crippen LogP contribution in [-0.4, -0.2) is 50.1 Å². The van der Waals surface area contributed by atoms with Crippen LogP contribution in [0.15, 0.2) is 42.5 Å². The van der Waals surface area contributed by atoms with Gasteiger partial charge in [0.1, 0.15) is 5.82 Å². The van der Waals surface area contributed by atoms with Crippen LogP contribution >= 0.6 is 12.4 Å². The van der Waals surface area contributed by atoms with E-state index in [2.05, 4.69) is 15.5 Å². The van der Waals surface area contributed by atoms with Gasteiger partial charge in [-0.15, -0.1) is 12.4 Å². The fourth-order valence-corrected chi connectivity index (χ4v) is 3.16. The molecule has 0 aliphatic carbocycles. The van der Waals surface area contributed by atoms with Crippen molar-refractivity contribution in [3.63, 3.8) is 0 Å². The van der Waals surface area contributed by atoms with E-state index in [4.69, 9.17) is 0 Å². The molecule has 4 nitrogen and oxygen atoms in total. The summed E-state index contributed by atoms with van der Waals surface area (Å²) in [4.78, 5) is 14.6. The van der Waals surface area contributed by atoms with Crippen LogP contribution in [0.5, 0.6) is 0 Å². The van der Waals surface area contributed by atoms with Crippen molar-refractivity contribution in [2.24, 2.45) is 0 Å². The third-order valence-electron chi connectivity index (χ3n) is 4.74. The minimum atomic E-state index is -0.484. The summed E-state index contributed by atoms with van der Waals surface area (Å²) in [6.07, 6.45) is 0.870. The molecule has 0 bridgehead atoms. The van der Waals surface area contributed by atoms with Gasteiger partial charge >= 0.3 is 0 Å². The lowest BCUT2D eigenvalue weighted by molar-refractivity contribution is 0.0947. The van der Waals surface area contributed by atoms with Crippen LogP contribution in [0.1, 0.15) is 22.3 Å². The van der Waals surface area contributed by atoms with Gasteiger partial charge in [0.15, 0.2) is 0 Å². The quantitative estimate of drug-likeness (QED) is 0.743. The van der Waals surface area contributed by atoms with Crippen molar-refractivity contribution in [3.8, 4) is 11.1 Å². The van der Waals surface area contributed by atoms with Crippen LogP contribution in [0.4, 0.5) is 4.39 Å². The van der Waals surface area contributed by atoms with Crippen molar-refractivity contribution < 1.29 is 9.18 Å². The number of halogens is 2. The molecule has 2 N–H and O–H groups in total. The molecule has 1 aliphatic heterocycles. The summed E-state index contributed by atoms with van der Waals surface area (Å²) in [6.45, 7) is 7.65. The van der Waals surface area contributed by atoms with Gasteiger partial charge in [0.25, 0.3) is 5.91 Å². The normalized spacial score (nSPS) is 14.4. The SMILES string of the molecule is Cc1ccc(-c2ccc(C(=O)NCCCN3CCNCC3)c(F)c2)cc1.Cl. The first kappa shape index (κ1) is 21.4. The molecule has 146 valence electrons. The number of nitrogens with zero attached hydrogens (tertiary/aromatic N) is 1. The Morgan fingerprint density at radius 1 is 1.11 bits per heavy atom. The van der Waals surface area contributed by atoms with Gasteiger partial charge in [0.2, 0.25) is 0 Å². The van der Waals surface area contributed by atoms with E-state index in [1.165, 1.54) is 6.07 Å². The zero-order valence-corrected chi connectivity index (χ0v) is 16.4. The van der Waals surface area contributed by atoms with Gasteiger partial charge in [-0.25, -0.2) is 4.39 Å². The van der Waals surface area contributed by atoms with E-state index in [-0.39, 0.29) is 23.9 Å². The Labute approximate surface area is 166 Å². The molecule has 1 aliphatic rings.